The molecule has 640 valence electrons. The molecule has 0 radical (unpaired) electrons. The number of hydrogen-bond acceptors (Lipinski definition) is 18. The fraction of sp³-hybridized carbons (Fsp3) is 0.835. The van der Waals surface area contributed by atoms with Gasteiger partial charge in [-0.15, -0.1) is 0 Å². The van der Waals surface area contributed by atoms with Crippen LogP contribution in [0.2, 0.25) is 0 Å². The Bertz CT molecular complexity index is 2310. The predicted molar refractivity (Wildman–Crippen MR) is 443 cm³/mol. The minimum absolute atomic E-state index is 0.233. The zero-order chi connectivity index (χ0) is 79.5. The van der Waals surface area contributed by atoms with E-state index >= 15 is 0 Å². The molecule has 3 aliphatic rings. The minimum atomic E-state index is -1.99. The number of aliphatic hydroxyl groups is 11. The number of nitrogens with one attached hydrogen (secondary N) is 1. The third-order valence-corrected chi connectivity index (χ3v) is 21.9. The van der Waals surface area contributed by atoms with Crippen molar-refractivity contribution in [3.05, 3.63) is 85.1 Å². The van der Waals surface area contributed by atoms with Gasteiger partial charge in [-0.2, -0.15) is 0 Å². The highest BCUT2D eigenvalue weighted by Gasteiger charge is 2.54. The molecule has 3 heterocycles. The monoisotopic (exact) mass is 1560 g/mol. The maximum atomic E-state index is 13.5. The molecule has 0 aromatic carbocycles. The number of ether oxygens (including phenoxy) is 6. The van der Waals surface area contributed by atoms with Gasteiger partial charge in [0, 0.05) is 6.42 Å². The van der Waals surface area contributed by atoms with Crippen molar-refractivity contribution in [2.75, 3.05) is 26.4 Å². The van der Waals surface area contributed by atoms with Gasteiger partial charge in [0.25, 0.3) is 0 Å². The second kappa shape index (κ2) is 70.2. The van der Waals surface area contributed by atoms with E-state index in [-0.39, 0.29) is 18.9 Å². The lowest BCUT2D eigenvalue weighted by Crippen LogP contribution is -2.66. The summed E-state index contributed by atoms with van der Waals surface area (Å²) in [5.74, 6) is -0.285. The van der Waals surface area contributed by atoms with Crippen LogP contribution in [-0.2, 0) is 33.2 Å². The van der Waals surface area contributed by atoms with E-state index in [1.807, 2.05) is 6.08 Å². The van der Waals surface area contributed by atoms with Gasteiger partial charge in [0.2, 0.25) is 5.91 Å². The van der Waals surface area contributed by atoms with Gasteiger partial charge in [0.05, 0.1) is 38.6 Å². The number of hydrogen-bond donors (Lipinski definition) is 12. The van der Waals surface area contributed by atoms with Crippen LogP contribution in [0, 0.1) is 0 Å². The fourth-order valence-corrected chi connectivity index (χ4v) is 14.8. The van der Waals surface area contributed by atoms with Crippen LogP contribution < -0.4 is 5.32 Å². The summed E-state index contributed by atoms with van der Waals surface area (Å²) in [5.41, 5.74) is 0. The van der Waals surface area contributed by atoms with Crippen molar-refractivity contribution in [3.63, 3.8) is 0 Å². The number of carbonyl (C=O) groups is 1. The lowest BCUT2D eigenvalue weighted by atomic mass is 9.96. The molecule has 17 atom stereocenters. The van der Waals surface area contributed by atoms with Crippen molar-refractivity contribution in [1.82, 2.24) is 5.32 Å². The lowest BCUT2D eigenvalue weighted by Gasteiger charge is -2.48. The molecule has 17 unspecified atom stereocenters. The Morgan fingerprint density at radius 2 is 0.636 bits per heavy atom. The van der Waals surface area contributed by atoms with Crippen molar-refractivity contribution >= 4 is 5.91 Å². The highest BCUT2D eigenvalue weighted by molar-refractivity contribution is 5.76. The molecule has 3 rings (SSSR count). The Hall–Kier alpha value is -3.03. The largest absolute Gasteiger partial charge is 0.394 e. The molecule has 3 aliphatic heterocycles. The van der Waals surface area contributed by atoms with E-state index in [9.17, 15) is 61.0 Å². The smallest absolute Gasteiger partial charge is 0.220 e. The van der Waals surface area contributed by atoms with Crippen LogP contribution in [0.3, 0.4) is 0 Å². The van der Waals surface area contributed by atoms with Gasteiger partial charge in [-0.3, -0.25) is 4.79 Å². The lowest BCUT2D eigenvalue weighted by molar-refractivity contribution is -0.379. The Kier molecular flexibility index (Phi) is 64.6. The second-order valence-electron chi connectivity index (χ2n) is 31.7. The molecule has 12 N–H and O–H groups in total. The summed E-state index contributed by atoms with van der Waals surface area (Å²) in [6, 6.07) is -1.00. The quantitative estimate of drug-likeness (QED) is 0.0199. The van der Waals surface area contributed by atoms with Crippen LogP contribution in [0.1, 0.15) is 354 Å². The molecule has 0 aromatic heterocycles. The Labute approximate surface area is 667 Å². The van der Waals surface area contributed by atoms with Crippen LogP contribution in [0.5, 0.6) is 0 Å². The summed E-state index contributed by atoms with van der Waals surface area (Å²) in [4.78, 5) is 13.5. The van der Waals surface area contributed by atoms with Gasteiger partial charge >= 0.3 is 0 Å². The summed E-state index contributed by atoms with van der Waals surface area (Å²) in [6.45, 7) is 1.65. The molecular formula is C91H163NO18. The van der Waals surface area contributed by atoms with Crippen molar-refractivity contribution in [2.24, 2.45) is 0 Å². The maximum Gasteiger partial charge on any atom is 0.220 e. The van der Waals surface area contributed by atoms with Crippen molar-refractivity contribution in [2.45, 2.75) is 458 Å². The highest BCUT2D eigenvalue weighted by atomic mass is 16.8. The predicted octanol–water partition coefficient (Wildman–Crippen LogP) is 16.9. The Morgan fingerprint density at radius 3 is 1.02 bits per heavy atom. The molecular weight excluding hydrogens is 1390 g/mol. The third kappa shape index (κ3) is 48.5. The third-order valence-electron chi connectivity index (χ3n) is 21.9. The summed E-state index contributed by atoms with van der Waals surface area (Å²) >= 11 is 0. The summed E-state index contributed by atoms with van der Waals surface area (Å²) < 4.78 is 34.5. The zero-order valence-electron chi connectivity index (χ0n) is 69.0. The van der Waals surface area contributed by atoms with Crippen molar-refractivity contribution in [1.29, 1.82) is 0 Å². The van der Waals surface area contributed by atoms with Gasteiger partial charge in [-0.05, 0) is 83.5 Å². The maximum absolute atomic E-state index is 13.5. The van der Waals surface area contributed by atoms with Crippen LogP contribution >= 0.6 is 0 Å². The fourth-order valence-electron chi connectivity index (χ4n) is 14.8. The van der Waals surface area contributed by atoms with E-state index in [2.05, 4.69) is 92.1 Å². The van der Waals surface area contributed by atoms with E-state index in [1.54, 1.807) is 6.08 Å². The minimum Gasteiger partial charge on any atom is -0.394 e. The molecule has 1 amide bonds. The number of unbranched alkanes of at least 4 members (excludes halogenated alkanes) is 44. The first-order valence-corrected chi connectivity index (χ1v) is 44.8. The van der Waals surface area contributed by atoms with Gasteiger partial charge in [0.15, 0.2) is 18.9 Å². The van der Waals surface area contributed by atoms with E-state index in [0.29, 0.717) is 12.8 Å². The first-order chi connectivity index (χ1) is 53.8. The highest BCUT2D eigenvalue weighted by Crippen LogP contribution is 2.33. The van der Waals surface area contributed by atoms with Crippen molar-refractivity contribution < 1.29 is 89.4 Å². The number of carbonyl (C=O) groups excluding carboxylic acids is 1. The molecule has 0 bridgehead atoms. The van der Waals surface area contributed by atoms with E-state index in [0.717, 1.165) is 70.6 Å². The van der Waals surface area contributed by atoms with Crippen molar-refractivity contribution in [3.8, 4) is 0 Å². The standard InChI is InChI=1S/C91H163NO18/c1-3-5-7-9-11-13-15-17-19-21-23-25-27-29-31-33-34-35-36-37-38-39-40-41-43-45-47-49-51-53-55-57-59-61-63-65-67-69-79(97)92-74(75(96)68-66-64-62-60-58-56-54-52-50-48-46-44-42-32-30-28-26-24-22-20-18-16-14-12-10-8-6-4-2)73-105-89-85(103)82(100)87(77(71-94)107-89)110-91-86(104)83(101)88(78(72-95)108-91)109-90-84(102)81(99)80(98)76(70-93)106-90/h5,7,11,13,17,19,23,25,50,52,58,60,66,68,74-78,80-91,93-96,98-104H,3-4,6,8-10,12,14-16,18,20-22,24,26-49,51,53-57,59,61-65,67,69-73H2,1-2H3,(H,92,97)/b7-5-,13-11-,19-17-,25-23-,52-50+,60-58+,68-66+. The first kappa shape index (κ1) is 101. The van der Waals surface area contributed by atoms with Gasteiger partial charge in [-0.25, -0.2) is 0 Å². The molecule has 0 aromatic rings. The summed E-state index contributed by atoms with van der Waals surface area (Å²) in [6.07, 6.45) is 68.9. The number of allylic oxidation sites excluding steroid dienone is 13. The molecule has 19 heteroatoms. The average Bonchev–Trinajstić information content (AvgIpc) is 0.784. The normalized spacial score (nSPS) is 25.6. The SMILES string of the molecule is CC/C=C\C/C=C\C/C=C\C/C=C\CCCCCCCCCCCCCCCCCCCCCCCCCCC(=O)NC(COC1OC(CO)C(OC2OC(CO)C(OC3OC(CO)C(O)C(O)C3O)C(O)C2O)C(O)C1O)C(O)/C=C/CC/C=C/CC/C=C/CCCCCCCCCCCCCCCCCCCC. The molecule has 19 nitrogen and oxygen atoms in total. The van der Waals surface area contributed by atoms with Gasteiger partial charge < -0.3 is 89.9 Å². The van der Waals surface area contributed by atoms with Crippen LogP contribution in [0.4, 0.5) is 0 Å². The van der Waals surface area contributed by atoms with E-state index in [4.69, 9.17) is 28.4 Å². The van der Waals surface area contributed by atoms with Gasteiger partial charge in [0.1, 0.15) is 73.2 Å². The molecule has 0 saturated carbocycles. The number of rotatable bonds is 72. The van der Waals surface area contributed by atoms with Gasteiger partial charge in [-0.1, -0.05) is 349 Å². The topological polar surface area (TPSA) is 307 Å². The number of amides is 1. The van der Waals surface area contributed by atoms with Crippen LogP contribution in [-0.4, -0.2) is 193 Å². The summed E-state index contributed by atoms with van der Waals surface area (Å²) in [7, 11) is 0. The molecule has 0 spiro atoms. The van der Waals surface area contributed by atoms with Crippen LogP contribution in [0.15, 0.2) is 85.1 Å². The molecule has 110 heavy (non-hydrogen) atoms. The number of aliphatic hydroxyl groups excluding tert-OH is 11. The second-order valence-corrected chi connectivity index (χ2v) is 31.7. The van der Waals surface area contributed by atoms with E-state index < -0.39 is 124 Å². The summed E-state index contributed by atoms with van der Waals surface area (Å²) in [5, 5.41) is 121. The molecule has 3 fully saturated rings. The van der Waals surface area contributed by atoms with Crippen LogP contribution in [0.25, 0.3) is 0 Å². The first-order valence-electron chi connectivity index (χ1n) is 44.8. The Morgan fingerprint density at radius 1 is 0.336 bits per heavy atom. The average molecular weight is 1560 g/mol. The Balaban J connectivity index is 1.33. The zero-order valence-corrected chi connectivity index (χ0v) is 69.0. The molecule has 3 saturated heterocycles. The molecule has 0 aliphatic carbocycles. The van der Waals surface area contributed by atoms with E-state index in [1.165, 1.54) is 250 Å².